The first-order valence-corrected chi connectivity index (χ1v) is 9.76. The molecule has 0 amide bonds. The molecule has 0 bridgehead atoms. The van der Waals surface area contributed by atoms with E-state index in [4.69, 9.17) is 33.2 Å². The van der Waals surface area contributed by atoms with E-state index < -0.39 is 11.2 Å². The molecular weight excluding hydrogens is 445 g/mol. The Bertz CT molecular complexity index is 1350. The Morgan fingerprint density at radius 2 is 1.77 bits per heavy atom. The molecule has 3 aromatic rings. The highest BCUT2D eigenvalue weighted by molar-refractivity contribution is 6.37. The first-order valence-electron chi connectivity index (χ1n) is 9.00. The lowest BCUT2D eigenvalue weighted by Gasteiger charge is -2.17. The number of hydrogen-bond donors (Lipinski definition) is 2. The molecule has 160 valence electrons. The molecule has 2 N–H and O–H groups in total. The minimum absolute atomic E-state index is 0.0458. The molecule has 0 radical (unpaired) electrons. The molecular formula is C20H17Cl2N5O4. The van der Waals surface area contributed by atoms with E-state index >= 15 is 0 Å². The van der Waals surface area contributed by atoms with Gasteiger partial charge in [-0.1, -0.05) is 44.0 Å². The summed E-state index contributed by atoms with van der Waals surface area (Å²) in [6, 6.07) is 5.97. The van der Waals surface area contributed by atoms with Gasteiger partial charge in [-0.3, -0.25) is 19.1 Å². The molecule has 31 heavy (non-hydrogen) atoms. The second kappa shape index (κ2) is 8.41. The van der Waals surface area contributed by atoms with Crippen molar-refractivity contribution in [3.05, 3.63) is 76.8 Å². The normalized spacial score (nSPS) is 11.2. The Hall–Kier alpha value is -3.35. The first-order chi connectivity index (χ1) is 14.5. The second-order valence-electron chi connectivity index (χ2n) is 7.92. The minimum Gasteiger partial charge on any atom is -0.434 e. The maximum atomic E-state index is 12.1. The number of nitriles is 1. The Morgan fingerprint density at radius 1 is 1.13 bits per heavy atom. The topological polar surface area (TPSA) is 134 Å². The van der Waals surface area contributed by atoms with E-state index in [1.54, 1.807) is 6.07 Å². The summed E-state index contributed by atoms with van der Waals surface area (Å²) in [5.74, 6) is 0.148. The van der Waals surface area contributed by atoms with Crippen molar-refractivity contribution in [3.63, 3.8) is 0 Å². The summed E-state index contributed by atoms with van der Waals surface area (Å²) in [6.45, 7) is 5.99. The number of aromatic amines is 2. The van der Waals surface area contributed by atoms with Crippen LogP contribution in [0.1, 0.15) is 31.9 Å². The number of halogens is 2. The van der Waals surface area contributed by atoms with Gasteiger partial charge in [-0.25, -0.2) is 9.89 Å². The molecule has 0 aliphatic rings. The van der Waals surface area contributed by atoms with Crippen molar-refractivity contribution in [3.8, 4) is 23.4 Å². The number of hydrogen-bond acceptors (Lipinski definition) is 6. The van der Waals surface area contributed by atoms with Gasteiger partial charge in [0.15, 0.2) is 5.75 Å². The molecule has 0 unspecified atom stereocenters. The van der Waals surface area contributed by atoms with Crippen LogP contribution in [0.5, 0.6) is 11.6 Å². The second-order valence-corrected chi connectivity index (χ2v) is 8.74. The van der Waals surface area contributed by atoms with Gasteiger partial charge in [0.2, 0.25) is 5.88 Å². The number of benzene rings is 1. The Morgan fingerprint density at radius 3 is 2.35 bits per heavy atom. The van der Waals surface area contributed by atoms with Gasteiger partial charge in [-0.15, -0.1) is 5.10 Å². The quantitative estimate of drug-likeness (QED) is 0.612. The third-order valence-electron chi connectivity index (χ3n) is 4.11. The number of H-pyrrole nitrogens is 2. The summed E-state index contributed by atoms with van der Waals surface area (Å²) in [5, 5.41) is 15.4. The lowest BCUT2D eigenvalue weighted by molar-refractivity contribution is 0.404. The van der Waals surface area contributed by atoms with Gasteiger partial charge >= 0.3 is 5.69 Å². The number of aromatic nitrogens is 4. The summed E-state index contributed by atoms with van der Waals surface area (Å²) in [5.41, 5.74) is -1.56. The van der Waals surface area contributed by atoms with Crippen LogP contribution in [0.2, 0.25) is 10.0 Å². The van der Waals surface area contributed by atoms with Crippen LogP contribution in [0, 0.1) is 16.7 Å². The maximum Gasteiger partial charge on any atom is 0.332 e. The third kappa shape index (κ3) is 5.05. The van der Waals surface area contributed by atoms with E-state index in [1.165, 1.54) is 18.2 Å². The maximum absolute atomic E-state index is 12.1. The summed E-state index contributed by atoms with van der Waals surface area (Å²) in [4.78, 5) is 37.8. The van der Waals surface area contributed by atoms with Crippen LogP contribution in [0.3, 0.4) is 0 Å². The van der Waals surface area contributed by atoms with Crippen LogP contribution in [-0.4, -0.2) is 19.7 Å². The van der Waals surface area contributed by atoms with Gasteiger partial charge in [0.1, 0.15) is 11.6 Å². The molecule has 1 aromatic carbocycles. The minimum atomic E-state index is -0.795. The molecule has 0 saturated carbocycles. The van der Waals surface area contributed by atoms with Gasteiger partial charge in [0.25, 0.3) is 11.1 Å². The standard InChI is InChI=1S/C20H17Cl2N5O4/c1-20(2,3)7-10-4-15(25-26-18(10)29)31-16-13(21)5-12(6-14(16)22)27-9-11(8-23)17(28)24-19(27)30/h4-6,9H,7H2,1-3H3,(H,26,29)(H,24,28,30). The number of ether oxygens (including phenoxy) is 1. The molecule has 2 aromatic heterocycles. The highest BCUT2D eigenvalue weighted by Crippen LogP contribution is 2.37. The number of nitrogens with one attached hydrogen (secondary N) is 2. The highest BCUT2D eigenvalue weighted by atomic mass is 35.5. The van der Waals surface area contributed by atoms with Crippen LogP contribution in [0.4, 0.5) is 0 Å². The zero-order chi connectivity index (χ0) is 22.9. The van der Waals surface area contributed by atoms with Gasteiger partial charge in [0.05, 0.1) is 15.7 Å². The van der Waals surface area contributed by atoms with Crippen LogP contribution in [0.15, 0.2) is 38.8 Å². The van der Waals surface area contributed by atoms with Crippen molar-refractivity contribution < 1.29 is 4.74 Å². The zero-order valence-corrected chi connectivity index (χ0v) is 18.3. The van der Waals surface area contributed by atoms with Crippen LogP contribution in [-0.2, 0) is 6.42 Å². The van der Waals surface area contributed by atoms with Crippen LogP contribution < -0.4 is 21.5 Å². The molecule has 0 aliphatic heterocycles. The third-order valence-corrected chi connectivity index (χ3v) is 4.67. The molecule has 3 rings (SSSR count). The van der Waals surface area contributed by atoms with Crippen LogP contribution in [0.25, 0.3) is 5.69 Å². The summed E-state index contributed by atoms with van der Waals surface area (Å²) in [6.07, 6.45) is 1.59. The van der Waals surface area contributed by atoms with Gasteiger partial charge < -0.3 is 4.74 Å². The predicted molar refractivity (Wildman–Crippen MR) is 115 cm³/mol. The number of rotatable bonds is 4. The van der Waals surface area contributed by atoms with Crippen molar-refractivity contribution >= 4 is 23.2 Å². The Balaban J connectivity index is 2.01. The van der Waals surface area contributed by atoms with E-state index in [1.807, 2.05) is 25.8 Å². The molecule has 0 aliphatic carbocycles. The van der Waals surface area contributed by atoms with Crippen molar-refractivity contribution in [2.45, 2.75) is 27.2 Å². The zero-order valence-electron chi connectivity index (χ0n) is 16.7. The summed E-state index contributed by atoms with van der Waals surface area (Å²) >= 11 is 12.6. The van der Waals surface area contributed by atoms with Gasteiger partial charge in [-0.2, -0.15) is 5.26 Å². The first kappa shape index (κ1) is 22.3. The average Bonchev–Trinajstić information content (AvgIpc) is 2.66. The average molecular weight is 462 g/mol. The molecule has 0 saturated heterocycles. The Labute approximate surface area is 185 Å². The van der Waals surface area contributed by atoms with Crippen LogP contribution >= 0.6 is 23.2 Å². The summed E-state index contributed by atoms with van der Waals surface area (Å²) < 4.78 is 6.72. The van der Waals surface area contributed by atoms with E-state index in [0.717, 1.165) is 10.8 Å². The van der Waals surface area contributed by atoms with Crippen molar-refractivity contribution in [1.82, 2.24) is 19.7 Å². The predicted octanol–water partition coefficient (Wildman–Crippen LogP) is 3.17. The lowest BCUT2D eigenvalue weighted by Crippen LogP contribution is -2.30. The van der Waals surface area contributed by atoms with Crippen molar-refractivity contribution in [2.75, 3.05) is 0 Å². The van der Waals surface area contributed by atoms with Gasteiger partial charge in [-0.05, 0) is 24.0 Å². The molecule has 0 fully saturated rings. The van der Waals surface area contributed by atoms with Crippen molar-refractivity contribution in [2.24, 2.45) is 5.41 Å². The fourth-order valence-electron chi connectivity index (χ4n) is 2.81. The van der Waals surface area contributed by atoms with E-state index in [-0.39, 0.29) is 43.9 Å². The fraction of sp³-hybridized carbons (Fsp3) is 0.250. The van der Waals surface area contributed by atoms with E-state index in [2.05, 4.69) is 10.2 Å². The SMILES string of the molecule is CC(C)(C)Cc1cc(Oc2c(Cl)cc(-n3cc(C#N)c(=O)[nH]c3=O)cc2Cl)n[nH]c1=O. The van der Waals surface area contributed by atoms with Crippen molar-refractivity contribution in [1.29, 1.82) is 5.26 Å². The molecule has 2 heterocycles. The highest BCUT2D eigenvalue weighted by Gasteiger charge is 2.18. The van der Waals surface area contributed by atoms with E-state index in [9.17, 15) is 14.4 Å². The lowest BCUT2D eigenvalue weighted by atomic mass is 9.89. The van der Waals surface area contributed by atoms with E-state index in [0.29, 0.717) is 12.0 Å². The summed E-state index contributed by atoms with van der Waals surface area (Å²) in [7, 11) is 0. The molecule has 0 spiro atoms. The Kier molecular flexibility index (Phi) is 6.06. The fourth-order valence-corrected chi connectivity index (χ4v) is 3.36. The monoisotopic (exact) mass is 461 g/mol. The molecule has 0 atom stereocenters. The largest absolute Gasteiger partial charge is 0.434 e. The smallest absolute Gasteiger partial charge is 0.332 e. The number of nitrogens with zero attached hydrogens (tertiary/aromatic N) is 3. The molecule has 9 nitrogen and oxygen atoms in total. The molecule has 11 heteroatoms. The van der Waals surface area contributed by atoms with Gasteiger partial charge in [0, 0.05) is 17.8 Å².